The van der Waals surface area contributed by atoms with Gasteiger partial charge in [0.2, 0.25) is 0 Å². The summed E-state index contributed by atoms with van der Waals surface area (Å²) < 4.78 is 0. The molecule has 0 spiro atoms. The molecule has 2 N–H and O–H groups in total. The van der Waals surface area contributed by atoms with Crippen LogP contribution in [0.15, 0.2) is 12.2 Å². The Hall–Kier alpha value is -1.32. The Morgan fingerprint density at radius 3 is 2.43 bits per heavy atom. The molecule has 0 saturated carbocycles. The molecule has 2 atom stereocenters. The molecule has 0 amide bonds. The molecule has 14 heavy (non-hydrogen) atoms. The quantitative estimate of drug-likeness (QED) is 0.671. The van der Waals surface area contributed by atoms with Gasteiger partial charge in [0, 0.05) is 6.42 Å². The number of carbonyl (C=O) groups is 2. The zero-order valence-corrected chi connectivity index (χ0v) is 7.85. The van der Waals surface area contributed by atoms with E-state index in [-0.39, 0.29) is 24.7 Å². The second kappa shape index (κ2) is 4.79. The summed E-state index contributed by atoms with van der Waals surface area (Å²) in [4.78, 5) is 21.0. The highest BCUT2D eigenvalue weighted by molar-refractivity contribution is 5.69. The van der Waals surface area contributed by atoms with Crippen molar-refractivity contribution in [3.05, 3.63) is 12.2 Å². The van der Waals surface area contributed by atoms with Gasteiger partial charge in [0.15, 0.2) is 0 Å². The average Bonchev–Trinajstić information content (AvgIpc) is 2.06. The first-order valence-corrected chi connectivity index (χ1v) is 4.70. The van der Waals surface area contributed by atoms with Crippen molar-refractivity contribution < 1.29 is 19.8 Å². The summed E-state index contributed by atoms with van der Waals surface area (Å²) in [6, 6.07) is 0. The van der Waals surface area contributed by atoms with Gasteiger partial charge in [-0.3, -0.25) is 9.59 Å². The second-order valence-electron chi connectivity index (χ2n) is 3.63. The number of rotatable bonds is 4. The molecule has 0 unspecified atom stereocenters. The molecule has 1 aliphatic carbocycles. The molecular formula is C10H14O4. The zero-order chi connectivity index (χ0) is 10.6. The van der Waals surface area contributed by atoms with Crippen molar-refractivity contribution in [2.24, 2.45) is 11.8 Å². The molecule has 1 aliphatic rings. The van der Waals surface area contributed by atoms with Crippen LogP contribution in [0.2, 0.25) is 0 Å². The maximum Gasteiger partial charge on any atom is 0.303 e. The lowest BCUT2D eigenvalue weighted by Crippen LogP contribution is -2.21. The van der Waals surface area contributed by atoms with E-state index < -0.39 is 11.9 Å². The van der Waals surface area contributed by atoms with Gasteiger partial charge in [-0.1, -0.05) is 12.2 Å². The van der Waals surface area contributed by atoms with Crippen LogP contribution in [0.4, 0.5) is 0 Å². The molecule has 4 heteroatoms. The summed E-state index contributed by atoms with van der Waals surface area (Å²) in [7, 11) is 0. The van der Waals surface area contributed by atoms with E-state index in [2.05, 4.69) is 0 Å². The molecule has 0 saturated heterocycles. The largest absolute Gasteiger partial charge is 0.481 e. The molecule has 78 valence electrons. The molecular weight excluding hydrogens is 184 g/mol. The highest BCUT2D eigenvalue weighted by atomic mass is 16.4. The Morgan fingerprint density at radius 1 is 1.21 bits per heavy atom. The predicted octanol–water partition coefficient (Wildman–Crippen LogP) is 1.52. The molecule has 0 heterocycles. The van der Waals surface area contributed by atoms with Crippen molar-refractivity contribution >= 4 is 11.9 Å². The average molecular weight is 198 g/mol. The Kier molecular flexibility index (Phi) is 3.68. The number of aliphatic carboxylic acids is 2. The minimum atomic E-state index is -0.864. The van der Waals surface area contributed by atoms with Crippen molar-refractivity contribution in [3.63, 3.8) is 0 Å². The number of hydrogen-bond acceptors (Lipinski definition) is 2. The van der Waals surface area contributed by atoms with Crippen molar-refractivity contribution in [1.29, 1.82) is 0 Å². The summed E-state index contributed by atoms with van der Waals surface area (Å²) in [6.07, 6.45) is 5.52. The van der Waals surface area contributed by atoms with Crippen molar-refractivity contribution in [1.82, 2.24) is 0 Å². The molecule has 1 rings (SSSR count). The van der Waals surface area contributed by atoms with E-state index in [1.165, 1.54) is 0 Å². The Balaban J connectivity index is 2.57. The normalized spacial score (nSPS) is 26.0. The van der Waals surface area contributed by atoms with Crippen molar-refractivity contribution in [3.8, 4) is 0 Å². The molecule has 0 bridgehead atoms. The smallest absolute Gasteiger partial charge is 0.303 e. The third kappa shape index (κ3) is 3.20. The lowest BCUT2D eigenvalue weighted by Gasteiger charge is -2.24. The molecule has 0 radical (unpaired) electrons. The topological polar surface area (TPSA) is 74.6 Å². The summed E-state index contributed by atoms with van der Waals surface area (Å²) in [5.41, 5.74) is 0. The summed E-state index contributed by atoms with van der Waals surface area (Å²) in [5, 5.41) is 17.3. The van der Waals surface area contributed by atoms with Gasteiger partial charge < -0.3 is 10.2 Å². The van der Waals surface area contributed by atoms with Gasteiger partial charge in [0.1, 0.15) is 0 Å². The molecule has 0 aromatic heterocycles. The molecule has 0 aromatic carbocycles. The molecule has 0 fully saturated rings. The fourth-order valence-electron chi connectivity index (χ4n) is 1.87. The SMILES string of the molecule is O=C(O)C[C@@H]1CCC=C[C@H]1CC(=O)O. The van der Waals surface area contributed by atoms with Crippen LogP contribution in [-0.2, 0) is 9.59 Å². The maximum absolute atomic E-state index is 10.5. The lowest BCUT2D eigenvalue weighted by molar-refractivity contribution is -0.141. The summed E-state index contributed by atoms with van der Waals surface area (Å²) in [6.45, 7) is 0. The number of carboxylic acid groups (broad SMARTS) is 2. The van der Waals surface area contributed by atoms with Crippen LogP contribution in [-0.4, -0.2) is 22.2 Å². The first-order valence-electron chi connectivity index (χ1n) is 4.70. The van der Waals surface area contributed by atoms with Crippen LogP contribution >= 0.6 is 0 Å². The molecule has 0 aliphatic heterocycles. The zero-order valence-electron chi connectivity index (χ0n) is 7.85. The van der Waals surface area contributed by atoms with Gasteiger partial charge in [-0.2, -0.15) is 0 Å². The highest BCUT2D eigenvalue weighted by Gasteiger charge is 2.25. The second-order valence-corrected chi connectivity index (χ2v) is 3.63. The monoisotopic (exact) mass is 198 g/mol. The number of allylic oxidation sites excluding steroid dienone is 2. The Morgan fingerprint density at radius 2 is 1.86 bits per heavy atom. The van der Waals surface area contributed by atoms with Crippen LogP contribution in [0.5, 0.6) is 0 Å². The van der Waals surface area contributed by atoms with E-state index in [4.69, 9.17) is 10.2 Å². The van der Waals surface area contributed by atoms with Crippen molar-refractivity contribution in [2.75, 3.05) is 0 Å². The minimum absolute atomic E-state index is 0.0198. The maximum atomic E-state index is 10.5. The van der Waals surface area contributed by atoms with E-state index in [0.29, 0.717) is 0 Å². The van der Waals surface area contributed by atoms with E-state index in [0.717, 1.165) is 12.8 Å². The van der Waals surface area contributed by atoms with Crippen molar-refractivity contribution in [2.45, 2.75) is 25.7 Å². The van der Waals surface area contributed by atoms with E-state index in [9.17, 15) is 9.59 Å². The first kappa shape index (κ1) is 10.8. The third-order valence-electron chi connectivity index (χ3n) is 2.54. The highest BCUT2D eigenvalue weighted by Crippen LogP contribution is 2.29. The van der Waals surface area contributed by atoms with E-state index in [1.807, 2.05) is 12.2 Å². The summed E-state index contributed by atoms with van der Waals surface area (Å²) in [5.74, 6) is -1.84. The predicted molar refractivity (Wildman–Crippen MR) is 49.9 cm³/mol. The first-order chi connectivity index (χ1) is 6.59. The van der Waals surface area contributed by atoms with Gasteiger partial charge in [-0.25, -0.2) is 0 Å². The fourth-order valence-corrected chi connectivity index (χ4v) is 1.87. The number of carboxylic acids is 2. The van der Waals surface area contributed by atoms with Crippen LogP contribution in [0.3, 0.4) is 0 Å². The van der Waals surface area contributed by atoms with Gasteiger partial charge in [-0.05, 0) is 24.7 Å². The minimum Gasteiger partial charge on any atom is -0.481 e. The molecule has 0 aromatic rings. The van der Waals surface area contributed by atoms with Crippen LogP contribution < -0.4 is 0 Å². The van der Waals surface area contributed by atoms with E-state index in [1.54, 1.807) is 0 Å². The fraction of sp³-hybridized carbons (Fsp3) is 0.600. The van der Waals surface area contributed by atoms with Gasteiger partial charge in [-0.15, -0.1) is 0 Å². The van der Waals surface area contributed by atoms with Gasteiger partial charge in [0.05, 0.1) is 6.42 Å². The Bertz CT molecular complexity index is 257. The van der Waals surface area contributed by atoms with Gasteiger partial charge >= 0.3 is 11.9 Å². The van der Waals surface area contributed by atoms with Crippen LogP contribution in [0.1, 0.15) is 25.7 Å². The Labute approximate surface area is 82.2 Å². The number of hydrogen-bond donors (Lipinski definition) is 2. The standard InChI is InChI=1S/C10H14O4/c11-9(12)5-7-3-1-2-4-8(7)6-10(13)14/h1,3,7-8H,2,4-6H2,(H,11,12)(H,13,14)/t7-,8-/m0/s1. The van der Waals surface area contributed by atoms with Gasteiger partial charge in [0.25, 0.3) is 0 Å². The third-order valence-corrected chi connectivity index (χ3v) is 2.54. The van der Waals surface area contributed by atoms with E-state index >= 15 is 0 Å². The van der Waals surface area contributed by atoms with Crippen LogP contribution in [0, 0.1) is 11.8 Å². The van der Waals surface area contributed by atoms with Crippen LogP contribution in [0.25, 0.3) is 0 Å². The summed E-state index contributed by atoms with van der Waals surface area (Å²) >= 11 is 0. The molecule has 4 nitrogen and oxygen atoms in total. The lowest BCUT2D eigenvalue weighted by atomic mass is 9.80.